The summed E-state index contributed by atoms with van der Waals surface area (Å²) in [5.74, 6) is -0.277. The molecule has 0 N–H and O–H groups in total. The van der Waals surface area contributed by atoms with E-state index in [2.05, 4.69) is 32.7 Å². The van der Waals surface area contributed by atoms with Crippen LogP contribution in [0.15, 0.2) is 18.5 Å². The molecule has 0 radical (unpaired) electrons. The topological polar surface area (TPSA) is 25.4 Å². The number of ether oxygens (including phenoxy) is 1. The monoisotopic (exact) mass is 302 g/mol. The lowest BCUT2D eigenvalue weighted by Gasteiger charge is -2.36. The quantitative estimate of drug-likeness (QED) is 0.801. The van der Waals surface area contributed by atoms with Crippen molar-refractivity contribution >= 4 is 15.9 Å². The first kappa shape index (κ1) is 12.9. The zero-order chi connectivity index (χ0) is 12.3. The number of hydrogen-bond donors (Lipinski definition) is 0. The SMILES string of the molecule is CC1CN(Cc2cncc(F)c2)CC(CBr)O1. The lowest BCUT2D eigenvalue weighted by Crippen LogP contribution is -2.46. The van der Waals surface area contributed by atoms with Gasteiger partial charge in [-0.2, -0.15) is 0 Å². The highest BCUT2D eigenvalue weighted by molar-refractivity contribution is 9.09. The van der Waals surface area contributed by atoms with Crippen LogP contribution in [0.3, 0.4) is 0 Å². The maximum atomic E-state index is 13.0. The molecular formula is C12H16BrFN2O. The van der Waals surface area contributed by atoms with E-state index < -0.39 is 0 Å². The van der Waals surface area contributed by atoms with E-state index >= 15 is 0 Å². The molecule has 2 heterocycles. The molecule has 1 fully saturated rings. The number of aromatic nitrogens is 1. The van der Waals surface area contributed by atoms with Gasteiger partial charge in [-0.1, -0.05) is 15.9 Å². The van der Waals surface area contributed by atoms with Gasteiger partial charge in [-0.25, -0.2) is 4.39 Å². The maximum Gasteiger partial charge on any atom is 0.141 e. The molecule has 3 nitrogen and oxygen atoms in total. The Hall–Kier alpha value is -0.520. The Morgan fingerprint density at radius 2 is 2.35 bits per heavy atom. The van der Waals surface area contributed by atoms with Crippen LogP contribution >= 0.6 is 15.9 Å². The molecule has 1 aliphatic rings. The molecule has 1 aromatic rings. The van der Waals surface area contributed by atoms with Crippen LogP contribution in [-0.4, -0.2) is 40.5 Å². The molecule has 94 valence electrons. The highest BCUT2D eigenvalue weighted by Crippen LogP contribution is 2.15. The molecule has 2 atom stereocenters. The Morgan fingerprint density at radius 1 is 1.53 bits per heavy atom. The molecule has 0 amide bonds. The summed E-state index contributed by atoms with van der Waals surface area (Å²) in [4.78, 5) is 6.14. The van der Waals surface area contributed by atoms with Crippen molar-refractivity contribution in [3.63, 3.8) is 0 Å². The lowest BCUT2D eigenvalue weighted by molar-refractivity contribution is -0.0678. The normalized spacial score (nSPS) is 26.1. The van der Waals surface area contributed by atoms with Gasteiger partial charge in [-0.3, -0.25) is 9.88 Å². The van der Waals surface area contributed by atoms with Crippen LogP contribution in [0.1, 0.15) is 12.5 Å². The Balaban J connectivity index is 1.98. The average molecular weight is 303 g/mol. The molecule has 0 aliphatic carbocycles. The van der Waals surface area contributed by atoms with Crippen molar-refractivity contribution in [1.29, 1.82) is 0 Å². The Kier molecular flexibility index (Phi) is 4.48. The fourth-order valence-electron chi connectivity index (χ4n) is 2.16. The highest BCUT2D eigenvalue weighted by atomic mass is 79.9. The van der Waals surface area contributed by atoms with E-state index in [1.165, 1.54) is 12.3 Å². The van der Waals surface area contributed by atoms with Gasteiger partial charge in [-0.15, -0.1) is 0 Å². The molecule has 1 saturated heterocycles. The average Bonchev–Trinajstić information content (AvgIpc) is 2.28. The summed E-state index contributed by atoms with van der Waals surface area (Å²) in [5.41, 5.74) is 0.910. The standard InChI is InChI=1S/C12H16BrFN2O/c1-9-6-16(8-12(3-13)17-9)7-10-2-11(14)5-15-4-10/h2,4-5,9,12H,3,6-8H2,1H3. The van der Waals surface area contributed by atoms with Gasteiger partial charge in [0.2, 0.25) is 0 Å². The number of morpholine rings is 1. The van der Waals surface area contributed by atoms with E-state index in [1.54, 1.807) is 6.20 Å². The summed E-state index contributed by atoms with van der Waals surface area (Å²) in [6.07, 6.45) is 3.37. The van der Waals surface area contributed by atoms with Crippen molar-refractivity contribution in [2.24, 2.45) is 0 Å². The number of halogens is 2. The van der Waals surface area contributed by atoms with Gasteiger partial charge in [0.15, 0.2) is 0 Å². The third-order valence-corrected chi connectivity index (χ3v) is 3.46. The van der Waals surface area contributed by atoms with Crippen LogP contribution in [0.2, 0.25) is 0 Å². The molecule has 5 heteroatoms. The van der Waals surface area contributed by atoms with Crippen molar-refractivity contribution < 1.29 is 9.13 Å². The molecule has 0 saturated carbocycles. The van der Waals surface area contributed by atoms with Gasteiger partial charge in [0.25, 0.3) is 0 Å². The van der Waals surface area contributed by atoms with Gasteiger partial charge in [0.1, 0.15) is 5.82 Å². The van der Waals surface area contributed by atoms with Crippen LogP contribution < -0.4 is 0 Å². The van der Waals surface area contributed by atoms with E-state index in [9.17, 15) is 4.39 Å². The summed E-state index contributed by atoms with van der Waals surface area (Å²) < 4.78 is 18.8. The van der Waals surface area contributed by atoms with Gasteiger partial charge in [0.05, 0.1) is 18.4 Å². The summed E-state index contributed by atoms with van der Waals surface area (Å²) in [5, 5.41) is 0.829. The van der Waals surface area contributed by atoms with Crippen LogP contribution in [0.5, 0.6) is 0 Å². The molecule has 0 spiro atoms. The molecular weight excluding hydrogens is 287 g/mol. The fraction of sp³-hybridized carbons (Fsp3) is 0.583. The Labute approximate surface area is 109 Å². The number of nitrogens with zero attached hydrogens (tertiary/aromatic N) is 2. The number of alkyl halides is 1. The predicted molar refractivity (Wildman–Crippen MR) is 67.6 cm³/mol. The van der Waals surface area contributed by atoms with E-state index in [0.29, 0.717) is 0 Å². The number of pyridine rings is 1. The second-order valence-corrected chi connectivity index (χ2v) is 5.08. The Morgan fingerprint density at radius 3 is 3.06 bits per heavy atom. The van der Waals surface area contributed by atoms with Crippen molar-refractivity contribution in [2.75, 3.05) is 18.4 Å². The molecule has 0 aromatic carbocycles. The van der Waals surface area contributed by atoms with E-state index in [1.807, 2.05) is 0 Å². The largest absolute Gasteiger partial charge is 0.372 e. The maximum absolute atomic E-state index is 13.0. The lowest BCUT2D eigenvalue weighted by atomic mass is 10.2. The highest BCUT2D eigenvalue weighted by Gasteiger charge is 2.24. The van der Waals surface area contributed by atoms with E-state index in [-0.39, 0.29) is 18.0 Å². The minimum absolute atomic E-state index is 0.209. The minimum atomic E-state index is -0.277. The third-order valence-electron chi connectivity index (χ3n) is 2.74. The molecule has 17 heavy (non-hydrogen) atoms. The van der Waals surface area contributed by atoms with Crippen LogP contribution in [-0.2, 0) is 11.3 Å². The summed E-state index contributed by atoms with van der Waals surface area (Å²) in [6, 6.07) is 1.54. The number of rotatable bonds is 3. The number of hydrogen-bond acceptors (Lipinski definition) is 3. The first-order valence-electron chi connectivity index (χ1n) is 5.70. The zero-order valence-electron chi connectivity index (χ0n) is 9.77. The van der Waals surface area contributed by atoms with Gasteiger partial charge >= 0.3 is 0 Å². The summed E-state index contributed by atoms with van der Waals surface area (Å²) in [7, 11) is 0. The summed E-state index contributed by atoms with van der Waals surface area (Å²) in [6.45, 7) is 4.53. The minimum Gasteiger partial charge on any atom is -0.372 e. The van der Waals surface area contributed by atoms with Crippen molar-refractivity contribution in [3.8, 4) is 0 Å². The fourth-order valence-corrected chi connectivity index (χ4v) is 2.51. The smallest absolute Gasteiger partial charge is 0.141 e. The first-order chi connectivity index (χ1) is 8.17. The van der Waals surface area contributed by atoms with Gasteiger partial charge < -0.3 is 4.74 Å². The molecule has 2 unspecified atom stereocenters. The molecule has 2 rings (SSSR count). The Bertz CT molecular complexity index is 377. The second kappa shape index (κ2) is 5.89. The molecule has 1 aliphatic heterocycles. The van der Waals surface area contributed by atoms with Crippen molar-refractivity contribution in [1.82, 2.24) is 9.88 Å². The van der Waals surface area contributed by atoms with Crippen LogP contribution in [0.25, 0.3) is 0 Å². The van der Waals surface area contributed by atoms with Crippen molar-refractivity contribution in [3.05, 3.63) is 29.8 Å². The second-order valence-electron chi connectivity index (χ2n) is 4.43. The van der Waals surface area contributed by atoms with Crippen LogP contribution in [0, 0.1) is 5.82 Å². The van der Waals surface area contributed by atoms with E-state index in [0.717, 1.165) is 30.5 Å². The van der Waals surface area contributed by atoms with Crippen molar-refractivity contribution in [2.45, 2.75) is 25.7 Å². The summed E-state index contributed by atoms with van der Waals surface area (Å²) >= 11 is 3.44. The predicted octanol–water partition coefficient (Wildman–Crippen LogP) is 2.20. The zero-order valence-corrected chi connectivity index (χ0v) is 11.4. The van der Waals surface area contributed by atoms with Crippen LogP contribution in [0.4, 0.5) is 4.39 Å². The third kappa shape index (κ3) is 3.72. The van der Waals surface area contributed by atoms with Gasteiger partial charge in [0, 0.05) is 31.2 Å². The first-order valence-corrected chi connectivity index (χ1v) is 6.82. The molecule has 1 aromatic heterocycles. The van der Waals surface area contributed by atoms with Gasteiger partial charge in [-0.05, 0) is 18.6 Å². The van der Waals surface area contributed by atoms with E-state index in [4.69, 9.17) is 4.74 Å². The molecule has 0 bridgehead atoms.